The van der Waals surface area contributed by atoms with Crippen molar-refractivity contribution in [3.8, 4) is 0 Å². The molecule has 1 atom stereocenters. The molecule has 0 spiro atoms. The fraction of sp³-hybridized carbons (Fsp3) is 0.667. The van der Waals surface area contributed by atoms with Crippen LogP contribution in [0.25, 0.3) is 0 Å². The number of carbonyl (C=O) groups is 1. The minimum atomic E-state index is -0.236. The summed E-state index contributed by atoms with van der Waals surface area (Å²) in [7, 11) is 0. The average Bonchev–Trinajstić information content (AvgIpc) is 2.89. The zero-order valence-electron chi connectivity index (χ0n) is 10.5. The topological polar surface area (TPSA) is 59.0 Å². The molecule has 0 radical (unpaired) electrons. The lowest BCUT2D eigenvalue weighted by Crippen LogP contribution is -2.41. The van der Waals surface area contributed by atoms with Crippen LogP contribution in [0.2, 0.25) is 0 Å². The van der Waals surface area contributed by atoms with Gasteiger partial charge in [0.15, 0.2) is 0 Å². The number of nitrogens with zero attached hydrogens (tertiary/aromatic N) is 2. The van der Waals surface area contributed by atoms with Crippen LogP contribution < -0.4 is 10.6 Å². The van der Waals surface area contributed by atoms with Crippen molar-refractivity contribution in [1.29, 1.82) is 0 Å². The van der Waals surface area contributed by atoms with Crippen molar-refractivity contribution in [2.24, 2.45) is 5.41 Å². The molecule has 17 heavy (non-hydrogen) atoms. The van der Waals surface area contributed by atoms with Gasteiger partial charge in [-0.2, -0.15) is 5.10 Å². The quantitative estimate of drug-likeness (QED) is 0.791. The first kappa shape index (κ1) is 12.1. The first-order chi connectivity index (χ1) is 8.10. The van der Waals surface area contributed by atoms with Gasteiger partial charge in [-0.3, -0.25) is 9.48 Å². The maximum absolute atomic E-state index is 12.0. The lowest BCUT2D eigenvalue weighted by atomic mass is 9.89. The summed E-state index contributed by atoms with van der Waals surface area (Å²) < 4.78 is 1.85. The minimum absolute atomic E-state index is 0.145. The van der Waals surface area contributed by atoms with Crippen LogP contribution in [0.5, 0.6) is 0 Å². The molecule has 2 rings (SSSR count). The molecule has 2 N–H and O–H groups in total. The molecule has 1 aliphatic rings. The Morgan fingerprint density at radius 3 is 3.12 bits per heavy atom. The fourth-order valence-corrected chi connectivity index (χ4v) is 2.10. The van der Waals surface area contributed by atoms with E-state index in [9.17, 15) is 4.79 Å². The van der Waals surface area contributed by atoms with Crippen molar-refractivity contribution in [1.82, 2.24) is 20.4 Å². The maximum Gasteiger partial charge on any atom is 0.227 e. The number of rotatable bonds is 4. The molecule has 0 aromatic carbocycles. The third kappa shape index (κ3) is 2.85. The van der Waals surface area contributed by atoms with Gasteiger partial charge >= 0.3 is 0 Å². The second-order valence-electron chi connectivity index (χ2n) is 5.02. The number of hydrogen-bond donors (Lipinski definition) is 2. The average molecular weight is 236 g/mol. The maximum atomic E-state index is 12.0. The first-order valence-corrected chi connectivity index (χ1v) is 6.08. The Hall–Kier alpha value is -1.36. The lowest BCUT2D eigenvalue weighted by Gasteiger charge is -2.21. The van der Waals surface area contributed by atoms with Gasteiger partial charge in [0, 0.05) is 19.3 Å². The Bertz CT molecular complexity index is 393. The smallest absolute Gasteiger partial charge is 0.227 e. The van der Waals surface area contributed by atoms with Crippen LogP contribution in [0, 0.1) is 12.3 Å². The summed E-state index contributed by atoms with van der Waals surface area (Å²) >= 11 is 0. The van der Waals surface area contributed by atoms with E-state index in [0.29, 0.717) is 6.54 Å². The Morgan fingerprint density at radius 1 is 1.71 bits per heavy atom. The molecule has 94 valence electrons. The Balaban J connectivity index is 1.77. The van der Waals surface area contributed by atoms with Crippen LogP contribution in [0.4, 0.5) is 0 Å². The van der Waals surface area contributed by atoms with Gasteiger partial charge in [0.05, 0.1) is 18.2 Å². The van der Waals surface area contributed by atoms with Crippen LogP contribution in [-0.4, -0.2) is 35.3 Å². The van der Waals surface area contributed by atoms with Crippen LogP contribution in [0.1, 0.15) is 18.9 Å². The molecule has 0 bridgehead atoms. The lowest BCUT2D eigenvalue weighted by molar-refractivity contribution is -0.129. The van der Waals surface area contributed by atoms with Gasteiger partial charge in [-0.25, -0.2) is 0 Å². The van der Waals surface area contributed by atoms with Gasteiger partial charge in [0.25, 0.3) is 0 Å². The Labute approximate surface area is 102 Å². The Morgan fingerprint density at radius 2 is 2.53 bits per heavy atom. The summed E-state index contributed by atoms with van der Waals surface area (Å²) in [4.78, 5) is 12.0. The predicted molar refractivity (Wildman–Crippen MR) is 65.6 cm³/mol. The highest BCUT2D eigenvalue weighted by atomic mass is 16.2. The van der Waals surface area contributed by atoms with Crippen molar-refractivity contribution in [3.63, 3.8) is 0 Å². The van der Waals surface area contributed by atoms with Gasteiger partial charge in [-0.15, -0.1) is 0 Å². The van der Waals surface area contributed by atoms with Crippen molar-refractivity contribution < 1.29 is 4.79 Å². The van der Waals surface area contributed by atoms with Crippen LogP contribution >= 0.6 is 0 Å². The molecule has 1 fully saturated rings. The number of carbonyl (C=O) groups excluding carboxylic acids is 1. The van der Waals surface area contributed by atoms with Gasteiger partial charge in [-0.05, 0) is 32.4 Å². The largest absolute Gasteiger partial charge is 0.354 e. The molecule has 0 aliphatic carbocycles. The van der Waals surface area contributed by atoms with Gasteiger partial charge in [0.1, 0.15) is 0 Å². The van der Waals surface area contributed by atoms with E-state index >= 15 is 0 Å². The van der Waals surface area contributed by atoms with E-state index in [0.717, 1.165) is 31.6 Å². The number of nitrogens with one attached hydrogen (secondary N) is 2. The van der Waals surface area contributed by atoms with Gasteiger partial charge in [-0.1, -0.05) is 0 Å². The van der Waals surface area contributed by atoms with Crippen molar-refractivity contribution in [2.45, 2.75) is 26.8 Å². The predicted octanol–water partition coefficient (Wildman–Crippen LogP) is 0.307. The summed E-state index contributed by atoms with van der Waals surface area (Å²) in [6.07, 6.45) is 4.72. The van der Waals surface area contributed by atoms with Gasteiger partial charge in [0.2, 0.25) is 5.91 Å². The summed E-state index contributed by atoms with van der Waals surface area (Å²) in [6, 6.07) is 0. The summed E-state index contributed by atoms with van der Waals surface area (Å²) in [5.41, 5.74) is 0.906. The highest BCUT2D eigenvalue weighted by Gasteiger charge is 2.35. The molecular formula is C12H20N4O. The van der Waals surface area contributed by atoms with Crippen molar-refractivity contribution >= 4 is 5.91 Å². The van der Waals surface area contributed by atoms with E-state index in [1.807, 2.05) is 30.9 Å². The normalized spacial score (nSPS) is 23.9. The highest BCUT2D eigenvalue weighted by molar-refractivity contribution is 5.82. The van der Waals surface area contributed by atoms with Crippen LogP contribution in [-0.2, 0) is 11.3 Å². The molecule has 2 heterocycles. The minimum Gasteiger partial charge on any atom is -0.354 e. The highest BCUT2D eigenvalue weighted by Crippen LogP contribution is 2.24. The molecule has 1 aromatic rings. The molecule has 1 saturated heterocycles. The third-order valence-electron chi connectivity index (χ3n) is 3.31. The van der Waals surface area contributed by atoms with E-state index in [1.54, 1.807) is 0 Å². The zero-order valence-corrected chi connectivity index (χ0v) is 10.5. The summed E-state index contributed by atoms with van der Waals surface area (Å²) in [6.45, 7) is 7.09. The summed E-state index contributed by atoms with van der Waals surface area (Å²) in [5, 5.41) is 10.4. The first-order valence-electron chi connectivity index (χ1n) is 6.08. The van der Waals surface area contributed by atoms with Gasteiger partial charge < -0.3 is 10.6 Å². The standard InChI is InChI=1S/C12H20N4O/c1-10-7-15-16(8-10)6-5-14-11(17)12(2)3-4-13-9-12/h7-8,13H,3-6,9H2,1-2H3,(H,14,17). The van der Waals surface area contributed by atoms with E-state index in [1.165, 1.54) is 0 Å². The number of aryl methyl sites for hydroxylation is 1. The van der Waals surface area contributed by atoms with Crippen LogP contribution in [0.3, 0.4) is 0 Å². The number of amides is 1. The second kappa shape index (κ2) is 4.87. The van der Waals surface area contributed by atoms with E-state index < -0.39 is 0 Å². The zero-order chi connectivity index (χ0) is 12.3. The molecule has 0 saturated carbocycles. The third-order valence-corrected chi connectivity index (χ3v) is 3.31. The monoisotopic (exact) mass is 236 g/mol. The molecule has 5 heteroatoms. The number of aromatic nitrogens is 2. The summed E-state index contributed by atoms with van der Waals surface area (Å²) in [5.74, 6) is 0.145. The Kier molecular flexibility index (Phi) is 3.47. The molecule has 1 aliphatic heterocycles. The SMILES string of the molecule is Cc1cnn(CCNC(=O)C2(C)CCNC2)c1. The van der Waals surface area contributed by atoms with Crippen molar-refractivity contribution in [3.05, 3.63) is 18.0 Å². The van der Waals surface area contributed by atoms with E-state index in [-0.39, 0.29) is 11.3 Å². The molecular weight excluding hydrogens is 216 g/mol. The fourth-order valence-electron chi connectivity index (χ4n) is 2.10. The second-order valence-corrected chi connectivity index (χ2v) is 5.02. The molecule has 1 aromatic heterocycles. The van der Waals surface area contributed by atoms with E-state index in [2.05, 4.69) is 15.7 Å². The molecule has 1 amide bonds. The molecule has 5 nitrogen and oxygen atoms in total. The van der Waals surface area contributed by atoms with Crippen molar-refractivity contribution in [2.75, 3.05) is 19.6 Å². The van der Waals surface area contributed by atoms with E-state index in [4.69, 9.17) is 0 Å². The number of hydrogen-bond acceptors (Lipinski definition) is 3. The molecule has 1 unspecified atom stereocenters. The van der Waals surface area contributed by atoms with Crippen LogP contribution in [0.15, 0.2) is 12.4 Å².